The van der Waals surface area contributed by atoms with Crippen LogP contribution in [-0.4, -0.2) is 52.9 Å². The molecule has 1 aromatic rings. The Bertz CT molecular complexity index is 598. The van der Waals surface area contributed by atoms with Crippen molar-refractivity contribution >= 4 is 28.2 Å². The molecule has 8 heteroatoms. The Labute approximate surface area is 143 Å². The second kappa shape index (κ2) is 9.22. The molecule has 1 saturated heterocycles. The van der Waals surface area contributed by atoms with Crippen molar-refractivity contribution in [1.29, 1.82) is 0 Å². The lowest BCUT2D eigenvalue weighted by atomic mass is 10.1. The summed E-state index contributed by atoms with van der Waals surface area (Å²) < 4.78 is 28.8. The number of sulfone groups is 1. The van der Waals surface area contributed by atoms with Gasteiger partial charge >= 0.3 is 0 Å². The smallest absolute Gasteiger partial charge is 0.251 e. The second-order valence-electron chi connectivity index (χ2n) is 5.35. The van der Waals surface area contributed by atoms with Gasteiger partial charge in [0.1, 0.15) is 0 Å². The van der Waals surface area contributed by atoms with Crippen LogP contribution >= 0.6 is 12.4 Å². The molecular formula is C15H23ClN2O4S. The molecule has 23 heavy (non-hydrogen) atoms. The van der Waals surface area contributed by atoms with E-state index in [1.165, 1.54) is 19.2 Å². The standard InChI is InChI=1S/C15H22N2O4S.ClH/c1-21-9-10-22(19,20)14-6-4-12(5-7-14)15(18)17-13-3-2-8-16-11-13;/h4-7,13,16H,2-3,8-11H2,1H3,(H,17,18);1H. The largest absolute Gasteiger partial charge is 0.384 e. The van der Waals surface area contributed by atoms with Crippen LogP contribution in [0.5, 0.6) is 0 Å². The highest BCUT2D eigenvalue weighted by Gasteiger charge is 2.18. The number of halogens is 1. The summed E-state index contributed by atoms with van der Waals surface area (Å²) in [5.74, 6) is -0.238. The highest BCUT2D eigenvalue weighted by molar-refractivity contribution is 7.91. The summed E-state index contributed by atoms with van der Waals surface area (Å²) in [6.07, 6.45) is 2.00. The van der Waals surface area contributed by atoms with Crippen LogP contribution in [0.1, 0.15) is 23.2 Å². The van der Waals surface area contributed by atoms with Crippen LogP contribution in [0.3, 0.4) is 0 Å². The molecule has 1 aliphatic heterocycles. The predicted octanol–water partition coefficient (Wildman–Crippen LogP) is 1.01. The van der Waals surface area contributed by atoms with Gasteiger partial charge in [0.25, 0.3) is 5.91 Å². The molecule has 1 aromatic carbocycles. The van der Waals surface area contributed by atoms with E-state index in [4.69, 9.17) is 4.74 Å². The van der Waals surface area contributed by atoms with Crippen molar-refractivity contribution in [3.63, 3.8) is 0 Å². The van der Waals surface area contributed by atoms with Crippen LogP contribution in [0, 0.1) is 0 Å². The van der Waals surface area contributed by atoms with Crippen LogP contribution in [0.25, 0.3) is 0 Å². The first-order chi connectivity index (χ1) is 10.5. The topological polar surface area (TPSA) is 84.5 Å². The van der Waals surface area contributed by atoms with Gasteiger partial charge in [-0.1, -0.05) is 0 Å². The number of nitrogens with one attached hydrogen (secondary N) is 2. The van der Waals surface area contributed by atoms with Crippen LogP contribution in [0.15, 0.2) is 29.2 Å². The van der Waals surface area contributed by atoms with E-state index >= 15 is 0 Å². The fraction of sp³-hybridized carbons (Fsp3) is 0.533. The lowest BCUT2D eigenvalue weighted by molar-refractivity contribution is 0.0930. The molecule has 2 rings (SSSR count). The monoisotopic (exact) mass is 362 g/mol. The summed E-state index contributed by atoms with van der Waals surface area (Å²) in [5.41, 5.74) is 0.469. The Balaban J connectivity index is 0.00000264. The zero-order valence-corrected chi connectivity index (χ0v) is 14.7. The summed E-state index contributed by atoms with van der Waals surface area (Å²) in [4.78, 5) is 12.3. The Morgan fingerprint density at radius 3 is 2.61 bits per heavy atom. The van der Waals surface area contributed by atoms with Gasteiger partial charge < -0.3 is 15.4 Å². The summed E-state index contributed by atoms with van der Waals surface area (Å²) in [7, 11) is -1.90. The third-order valence-electron chi connectivity index (χ3n) is 3.66. The molecule has 1 amide bonds. The molecule has 1 heterocycles. The van der Waals surface area contributed by atoms with Crippen molar-refractivity contribution in [2.45, 2.75) is 23.8 Å². The highest BCUT2D eigenvalue weighted by atomic mass is 35.5. The summed E-state index contributed by atoms with van der Waals surface area (Å²) in [6, 6.07) is 6.17. The van der Waals surface area contributed by atoms with E-state index in [-0.39, 0.29) is 41.6 Å². The van der Waals surface area contributed by atoms with Crippen molar-refractivity contribution in [3.05, 3.63) is 29.8 Å². The molecule has 0 spiro atoms. The van der Waals surface area contributed by atoms with E-state index in [0.29, 0.717) is 5.56 Å². The number of hydrogen-bond acceptors (Lipinski definition) is 5. The van der Waals surface area contributed by atoms with Gasteiger partial charge in [0.15, 0.2) is 9.84 Å². The molecule has 0 aliphatic carbocycles. The number of benzene rings is 1. The van der Waals surface area contributed by atoms with Gasteiger partial charge in [-0.25, -0.2) is 8.42 Å². The molecule has 0 aromatic heterocycles. The quantitative estimate of drug-likeness (QED) is 0.789. The van der Waals surface area contributed by atoms with E-state index < -0.39 is 9.84 Å². The van der Waals surface area contributed by atoms with Gasteiger partial charge in [-0.15, -0.1) is 12.4 Å². The molecule has 2 N–H and O–H groups in total. The van der Waals surface area contributed by atoms with Crippen molar-refractivity contribution in [2.24, 2.45) is 0 Å². The van der Waals surface area contributed by atoms with E-state index in [1.807, 2.05) is 0 Å². The third kappa shape index (κ3) is 5.76. The fourth-order valence-corrected chi connectivity index (χ4v) is 3.54. The number of rotatable bonds is 6. The van der Waals surface area contributed by atoms with Gasteiger partial charge in [-0.2, -0.15) is 0 Å². The van der Waals surface area contributed by atoms with E-state index in [2.05, 4.69) is 10.6 Å². The molecular weight excluding hydrogens is 340 g/mol. The Morgan fingerprint density at radius 2 is 2.04 bits per heavy atom. The van der Waals surface area contributed by atoms with Crippen LogP contribution in [0.2, 0.25) is 0 Å². The lowest BCUT2D eigenvalue weighted by Crippen LogP contribution is -2.45. The molecule has 1 unspecified atom stereocenters. The van der Waals surface area contributed by atoms with Crippen LogP contribution in [0.4, 0.5) is 0 Å². The molecule has 130 valence electrons. The maximum absolute atomic E-state index is 12.1. The number of piperidine rings is 1. The zero-order valence-electron chi connectivity index (χ0n) is 13.1. The summed E-state index contributed by atoms with van der Waals surface area (Å²) >= 11 is 0. The average molecular weight is 363 g/mol. The van der Waals surface area contributed by atoms with Crippen LogP contribution < -0.4 is 10.6 Å². The second-order valence-corrected chi connectivity index (χ2v) is 7.46. The highest BCUT2D eigenvalue weighted by Crippen LogP contribution is 2.13. The van der Waals surface area contributed by atoms with Crippen molar-refractivity contribution in [1.82, 2.24) is 10.6 Å². The molecule has 0 bridgehead atoms. The van der Waals surface area contributed by atoms with Crippen LogP contribution in [-0.2, 0) is 14.6 Å². The Morgan fingerprint density at radius 1 is 1.35 bits per heavy atom. The minimum Gasteiger partial charge on any atom is -0.384 e. The van der Waals surface area contributed by atoms with Gasteiger partial charge in [0, 0.05) is 25.3 Å². The van der Waals surface area contributed by atoms with E-state index in [0.717, 1.165) is 25.9 Å². The van der Waals surface area contributed by atoms with E-state index in [1.54, 1.807) is 12.1 Å². The Hall–Kier alpha value is -1.15. The van der Waals surface area contributed by atoms with Crippen molar-refractivity contribution in [3.8, 4) is 0 Å². The fourth-order valence-electron chi connectivity index (χ4n) is 2.37. The number of carbonyl (C=O) groups excluding carboxylic acids is 1. The normalized spacial score (nSPS) is 18.0. The number of amides is 1. The first-order valence-electron chi connectivity index (χ1n) is 7.36. The first-order valence-corrected chi connectivity index (χ1v) is 9.01. The van der Waals surface area contributed by atoms with Crippen molar-refractivity contribution < 1.29 is 17.9 Å². The van der Waals surface area contributed by atoms with Crippen molar-refractivity contribution in [2.75, 3.05) is 32.6 Å². The summed E-state index contributed by atoms with van der Waals surface area (Å²) in [5, 5.41) is 6.19. The minimum absolute atomic E-state index is 0. The molecule has 1 fully saturated rings. The van der Waals surface area contributed by atoms with Gasteiger partial charge in [-0.3, -0.25) is 4.79 Å². The number of carbonyl (C=O) groups is 1. The maximum atomic E-state index is 12.1. The molecule has 1 atom stereocenters. The van der Waals surface area contributed by atoms with Gasteiger partial charge in [-0.05, 0) is 43.7 Å². The molecule has 1 aliphatic rings. The SMILES string of the molecule is COCCS(=O)(=O)c1ccc(C(=O)NC2CCCNC2)cc1.Cl. The third-order valence-corrected chi connectivity index (χ3v) is 5.36. The summed E-state index contributed by atoms with van der Waals surface area (Å²) in [6.45, 7) is 1.91. The Kier molecular flexibility index (Phi) is 7.98. The maximum Gasteiger partial charge on any atom is 0.251 e. The first kappa shape index (κ1) is 19.9. The molecule has 6 nitrogen and oxygen atoms in total. The van der Waals surface area contributed by atoms with E-state index in [9.17, 15) is 13.2 Å². The van der Waals surface area contributed by atoms with Gasteiger partial charge in [0.2, 0.25) is 0 Å². The average Bonchev–Trinajstić information content (AvgIpc) is 2.54. The predicted molar refractivity (Wildman–Crippen MR) is 91.0 cm³/mol. The lowest BCUT2D eigenvalue weighted by Gasteiger charge is -2.23. The minimum atomic E-state index is -3.36. The molecule has 0 radical (unpaired) electrons. The van der Waals surface area contributed by atoms with Gasteiger partial charge in [0.05, 0.1) is 17.3 Å². The molecule has 0 saturated carbocycles. The number of methoxy groups -OCH3 is 1. The zero-order chi connectivity index (χ0) is 16.0. The number of hydrogen-bond donors (Lipinski definition) is 2. The number of ether oxygens (including phenoxy) is 1.